The Bertz CT molecular complexity index is 1070. The molecule has 0 N–H and O–H groups in total. The highest BCUT2D eigenvalue weighted by atomic mass is 19.3. The number of hydrogen-bond acceptors (Lipinski definition) is 1. The average molecular weight is 456 g/mol. The average Bonchev–Trinajstić information content (AvgIpc) is 2.75. The Morgan fingerprint density at radius 3 is 1.97 bits per heavy atom. The molecular weight excluding hydrogens is 437 g/mol. The molecule has 0 aromatic heterocycles. The maximum absolute atomic E-state index is 14.5. The third kappa shape index (κ3) is 5.06. The van der Waals surface area contributed by atoms with E-state index in [1.807, 2.05) is 6.92 Å². The number of alkyl halides is 2. The molecular formula is C24H19F7O. The van der Waals surface area contributed by atoms with Crippen LogP contribution in [-0.4, -0.2) is 0 Å². The van der Waals surface area contributed by atoms with E-state index in [4.69, 9.17) is 0 Å². The second-order valence-corrected chi connectivity index (χ2v) is 7.25. The number of unbranched alkanes of at least 4 members (excludes halogenated alkanes) is 2. The fraction of sp³-hybridized carbons (Fsp3) is 0.250. The summed E-state index contributed by atoms with van der Waals surface area (Å²) >= 11 is 0. The van der Waals surface area contributed by atoms with Crippen LogP contribution in [0.3, 0.4) is 0 Å². The SMILES string of the molecule is CCCCCc1ccc(-c2ccc(C(F)(F)Oc3cc(F)c(F)c(F)c3)cc2)c(F)c1F. The van der Waals surface area contributed by atoms with Crippen LogP contribution >= 0.6 is 0 Å². The van der Waals surface area contributed by atoms with Gasteiger partial charge in [-0.25, -0.2) is 22.0 Å². The maximum Gasteiger partial charge on any atom is 0.426 e. The number of hydrogen-bond donors (Lipinski definition) is 0. The molecule has 0 spiro atoms. The number of aryl methyl sites for hydroxylation is 1. The summed E-state index contributed by atoms with van der Waals surface area (Å²) in [4.78, 5) is 0. The van der Waals surface area contributed by atoms with E-state index in [9.17, 15) is 30.7 Å². The zero-order valence-corrected chi connectivity index (χ0v) is 17.0. The molecule has 0 aliphatic heterocycles. The Morgan fingerprint density at radius 2 is 1.38 bits per heavy atom. The lowest BCUT2D eigenvalue weighted by Crippen LogP contribution is -2.22. The Balaban J connectivity index is 1.82. The van der Waals surface area contributed by atoms with Crippen molar-refractivity contribution in [1.29, 1.82) is 0 Å². The Kier molecular flexibility index (Phi) is 7.11. The van der Waals surface area contributed by atoms with Crippen molar-refractivity contribution in [3.63, 3.8) is 0 Å². The first-order valence-corrected chi connectivity index (χ1v) is 9.93. The number of ether oxygens (including phenoxy) is 1. The molecule has 3 aromatic carbocycles. The Labute approximate surface area is 180 Å². The van der Waals surface area contributed by atoms with Crippen LogP contribution in [0.4, 0.5) is 30.7 Å². The van der Waals surface area contributed by atoms with Gasteiger partial charge in [0.25, 0.3) is 0 Å². The van der Waals surface area contributed by atoms with Gasteiger partial charge in [0.1, 0.15) is 5.75 Å². The fourth-order valence-electron chi connectivity index (χ4n) is 3.21. The first-order chi connectivity index (χ1) is 15.1. The predicted molar refractivity (Wildman–Crippen MR) is 106 cm³/mol. The summed E-state index contributed by atoms with van der Waals surface area (Å²) in [5.74, 6) is -8.13. The summed E-state index contributed by atoms with van der Waals surface area (Å²) in [7, 11) is 0. The van der Waals surface area contributed by atoms with Crippen LogP contribution in [0, 0.1) is 29.1 Å². The van der Waals surface area contributed by atoms with Crippen LogP contribution in [-0.2, 0) is 12.5 Å². The minimum absolute atomic E-state index is 0.0970. The van der Waals surface area contributed by atoms with Gasteiger partial charge in [0.15, 0.2) is 29.1 Å². The molecule has 0 aliphatic rings. The van der Waals surface area contributed by atoms with Gasteiger partial charge >= 0.3 is 6.11 Å². The summed E-state index contributed by atoms with van der Waals surface area (Å²) in [6.45, 7) is 1.99. The van der Waals surface area contributed by atoms with Crippen molar-refractivity contribution in [3.05, 3.63) is 88.7 Å². The summed E-state index contributed by atoms with van der Waals surface area (Å²) in [6.07, 6.45) is -1.09. The van der Waals surface area contributed by atoms with E-state index in [0.717, 1.165) is 43.5 Å². The van der Waals surface area contributed by atoms with Gasteiger partial charge < -0.3 is 4.74 Å². The fourth-order valence-corrected chi connectivity index (χ4v) is 3.21. The van der Waals surface area contributed by atoms with Gasteiger partial charge in [-0.05, 0) is 36.1 Å². The highest BCUT2D eigenvalue weighted by Crippen LogP contribution is 2.35. The van der Waals surface area contributed by atoms with E-state index in [2.05, 4.69) is 4.74 Å². The van der Waals surface area contributed by atoms with Crippen LogP contribution in [0.1, 0.15) is 37.3 Å². The standard InChI is InChI=1S/C24H19F7O/c1-2-3-4-5-15-8-11-18(22(28)21(15)27)14-6-9-16(10-7-14)24(30,31)32-17-12-19(25)23(29)20(26)13-17/h6-13H,2-5H2,1H3. The van der Waals surface area contributed by atoms with Crippen molar-refractivity contribution >= 4 is 0 Å². The number of benzene rings is 3. The highest BCUT2D eigenvalue weighted by Gasteiger charge is 2.35. The molecule has 0 heterocycles. The summed E-state index contributed by atoms with van der Waals surface area (Å²) in [5.41, 5.74) is -0.404. The molecule has 0 atom stereocenters. The molecule has 0 bridgehead atoms. The summed E-state index contributed by atoms with van der Waals surface area (Å²) in [5, 5.41) is 0. The second kappa shape index (κ2) is 9.63. The third-order valence-electron chi connectivity index (χ3n) is 4.95. The van der Waals surface area contributed by atoms with Crippen LogP contribution in [0.2, 0.25) is 0 Å². The first kappa shape index (κ1) is 23.6. The molecule has 3 aromatic rings. The Morgan fingerprint density at radius 1 is 0.750 bits per heavy atom. The van der Waals surface area contributed by atoms with Gasteiger partial charge in [-0.2, -0.15) is 8.78 Å². The van der Waals surface area contributed by atoms with Crippen molar-refractivity contribution in [1.82, 2.24) is 0 Å². The van der Waals surface area contributed by atoms with E-state index in [1.54, 1.807) is 0 Å². The molecule has 1 nitrogen and oxygen atoms in total. The lowest BCUT2D eigenvalue weighted by Gasteiger charge is -2.19. The first-order valence-electron chi connectivity index (χ1n) is 9.93. The zero-order chi connectivity index (χ0) is 23.5. The van der Waals surface area contributed by atoms with Crippen LogP contribution in [0.25, 0.3) is 11.1 Å². The van der Waals surface area contributed by atoms with Crippen molar-refractivity contribution in [2.75, 3.05) is 0 Å². The molecule has 0 radical (unpaired) electrons. The molecule has 3 rings (SSSR count). The monoisotopic (exact) mass is 456 g/mol. The lowest BCUT2D eigenvalue weighted by atomic mass is 9.99. The van der Waals surface area contributed by atoms with Crippen molar-refractivity contribution in [2.24, 2.45) is 0 Å². The molecule has 32 heavy (non-hydrogen) atoms. The van der Waals surface area contributed by atoms with Gasteiger partial charge in [0.05, 0.1) is 5.56 Å². The number of rotatable bonds is 8. The summed E-state index contributed by atoms with van der Waals surface area (Å²) < 4.78 is 101. The molecule has 170 valence electrons. The van der Waals surface area contributed by atoms with Crippen LogP contribution < -0.4 is 4.74 Å². The minimum atomic E-state index is -4.03. The van der Waals surface area contributed by atoms with E-state index < -0.39 is 46.5 Å². The van der Waals surface area contributed by atoms with E-state index in [0.29, 0.717) is 18.6 Å². The highest BCUT2D eigenvalue weighted by molar-refractivity contribution is 5.65. The molecule has 8 heteroatoms. The molecule has 0 saturated carbocycles. The summed E-state index contributed by atoms with van der Waals surface area (Å²) in [6, 6.07) is 7.55. The van der Waals surface area contributed by atoms with Gasteiger partial charge in [-0.15, -0.1) is 0 Å². The molecule has 0 fully saturated rings. The minimum Gasteiger partial charge on any atom is -0.429 e. The van der Waals surface area contributed by atoms with Crippen molar-refractivity contribution in [3.8, 4) is 16.9 Å². The largest absolute Gasteiger partial charge is 0.429 e. The smallest absolute Gasteiger partial charge is 0.426 e. The van der Waals surface area contributed by atoms with Crippen LogP contribution in [0.15, 0.2) is 48.5 Å². The quantitative estimate of drug-likeness (QED) is 0.190. The van der Waals surface area contributed by atoms with Gasteiger partial charge in [0.2, 0.25) is 0 Å². The topological polar surface area (TPSA) is 9.23 Å². The predicted octanol–water partition coefficient (Wildman–Crippen LogP) is 7.91. The van der Waals surface area contributed by atoms with E-state index in [1.165, 1.54) is 12.1 Å². The third-order valence-corrected chi connectivity index (χ3v) is 4.95. The van der Waals surface area contributed by atoms with Gasteiger partial charge in [-0.1, -0.05) is 44.0 Å². The van der Waals surface area contributed by atoms with Gasteiger partial charge in [0, 0.05) is 17.7 Å². The molecule has 0 unspecified atom stereocenters. The van der Waals surface area contributed by atoms with E-state index in [-0.39, 0.29) is 16.7 Å². The molecule has 0 amide bonds. The lowest BCUT2D eigenvalue weighted by molar-refractivity contribution is -0.185. The normalized spacial score (nSPS) is 11.6. The molecule has 0 aliphatic carbocycles. The zero-order valence-electron chi connectivity index (χ0n) is 17.0. The van der Waals surface area contributed by atoms with Crippen molar-refractivity contribution < 1.29 is 35.5 Å². The van der Waals surface area contributed by atoms with Gasteiger partial charge in [-0.3, -0.25) is 0 Å². The second-order valence-electron chi connectivity index (χ2n) is 7.25. The maximum atomic E-state index is 14.5. The number of halogens is 7. The van der Waals surface area contributed by atoms with Crippen molar-refractivity contribution in [2.45, 2.75) is 38.7 Å². The molecule has 0 saturated heterocycles. The van der Waals surface area contributed by atoms with Crippen LogP contribution in [0.5, 0.6) is 5.75 Å². The Hall–Kier alpha value is -3.03. The van der Waals surface area contributed by atoms with E-state index >= 15 is 0 Å².